The fourth-order valence-electron chi connectivity index (χ4n) is 2.41. The van der Waals surface area contributed by atoms with Gasteiger partial charge in [0.2, 0.25) is 5.91 Å². The van der Waals surface area contributed by atoms with Crippen molar-refractivity contribution in [1.82, 2.24) is 9.80 Å². The predicted octanol–water partition coefficient (Wildman–Crippen LogP) is 1.61. The van der Waals surface area contributed by atoms with Gasteiger partial charge in [-0.1, -0.05) is 17.7 Å². The molecule has 0 saturated carbocycles. The highest BCUT2D eigenvalue weighted by molar-refractivity contribution is 7.99. The lowest BCUT2D eigenvalue weighted by atomic mass is 10.2. The molecule has 1 aliphatic rings. The van der Waals surface area contributed by atoms with Gasteiger partial charge in [0.05, 0.1) is 6.61 Å². The highest BCUT2D eigenvalue weighted by atomic mass is 32.2. The van der Waals surface area contributed by atoms with Crippen LogP contribution in [0.2, 0.25) is 0 Å². The maximum atomic E-state index is 12.2. The van der Waals surface area contributed by atoms with Crippen LogP contribution in [0.5, 0.6) is 0 Å². The highest BCUT2D eigenvalue weighted by Gasteiger charge is 2.20. The van der Waals surface area contributed by atoms with E-state index in [-0.39, 0.29) is 12.5 Å². The Bertz CT molecular complexity index is 442. The first kappa shape index (κ1) is 16.3. The molecule has 0 atom stereocenters. The van der Waals surface area contributed by atoms with Crippen molar-refractivity contribution < 1.29 is 9.90 Å². The molecule has 0 aromatic heterocycles. The van der Waals surface area contributed by atoms with Crippen LogP contribution in [0.15, 0.2) is 29.2 Å². The summed E-state index contributed by atoms with van der Waals surface area (Å²) in [6, 6.07) is 8.42. The van der Waals surface area contributed by atoms with Gasteiger partial charge >= 0.3 is 0 Å². The molecule has 0 spiro atoms. The maximum absolute atomic E-state index is 12.2. The Morgan fingerprint density at radius 2 is 1.86 bits per heavy atom. The molecule has 0 bridgehead atoms. The molecule has 2 rings (SSSR count). The fraction of sp³-hybridized carbons (Fsp3) is 0.562. The van der Waals surface area contributed by atoms with Gasteiger partial charge in [0.15, 0.2) is 0 Å². The molecule has 1 heterocycles. The number of hydrogen-bond donors (Lipinski definition) is 1. The van der Waals surface area contributed by atoms with E-state index in [0.29, 0.717) is 13.0 Å². The SMILES string of the molecule is Cc1ccc(SCCC(=O)N2CCN(CCO)CC2)cc1. The summed E-state index contributed by atoms with van der Waals surface area (Å²) >= 11 is 1.74. The Hall–Kier alpha value is -1.04. The zero-order valence-electron chi connectivity index (χ0n) is 12.6. The van der Waals surface area contributed by atoms with Crippen LogP contribution in [-0.2, 0) is 4.79 Å². The number of benzene rings is 1. The lowest BCUT2D eigenvalue weighted by Crippen LogP contribution is -2.49. The van der Waals surface area contributed by atoms with Crippen molar-refractivity contribution in [2.75, 3.05) is 45.1 Å². The Morgan fingerprint density at radius 1 is 1.19 bits per heavy atom. The van der Waals surface area contributed by atoms with Crippen LogP contribution in [0.3, 0.4) is 0 Å². The Morgan fingerprint density at radius 3 is 2.48 bits per heavy atom. The quantitative estimate of drug-likeness (QED) is 0.811. The van der Waals surface area contributed by atoms with E-state index in [0.717, 1.165) is 31.9 Å². The number of nitrogens with zero attached hydrogens (tertiary/aromatic N) is 2. The van der Waals surface area contributed by atoms with E-state index >= 15 is 0 Å². The normalized spacial score (nSPS) is 16.2. The number of piperazine rings is 1. The molecule has 116 valence electrons. The second-order valence-corrected chi connectivity index (χ2v) is 6.53. The first-order chi connectivity index (χ1) is 10.2. The number of aliphatic hydroxyl groups is 1. The fourth-order valence-corrected chi connectivity index (χ4v) is 3.25. The number of rotatable bonds is 6. The maximum Gasteiger partial charge on any atom is 0.223 e. The molecule has 5 heteroatoms. The molecule has 1 aliphatic heterocycles. The average molecular weight is 308 g/mol. The summed E-state index contributed by atoms with van der Waals surface area (Å²) in [5.41, 5.74) is 1.26. The summed E-state index contributed by atoms with van der Waals surface area (Å²) in [4.78, 5) is 17.5. The van der Waals surface area contributed by atoms with Crippen molar-refractivity contribution in [3.63, 3.8) is 0 Å². The molecule has 4 nitrogen and oxygen atoms in total. The van der Waals surface area contributed by atoms with Crippen molar-refractivity contribution in [3.8, 4) is 0 Å². The van der Waals surface area contributed by atoms with Gasteiger partial charge in [0.25, 0.3) is 0 Å². The van der Waals surface area contributed by atoms with Gasteiger partial charge in [-0.2, -0.15) is 0 Å². The number of carbonyl (C=O) groups excluding carboxylic acids is 1. The third kappa shape index (κ3) is 5.34. The number of amides is 1. The van der Waals surface area contributed by atoms with Crippen LogP contribution in [-0.4, -0.2) is 65.9 Å². The largest absolute Gasteiger partial charge is 0.395 e. The molecule has 1 aromatic rings. The van der Waals surface area contributed by atoms with Gasteiger partial charge in [-0.15, -0.1) is 11.8 Å². The van der Waals surface area contributed by atoms with E-state index < -0.39 is 0 Å². The standard InChI is InChI=1S/C16H24N2O2S/c1-14-2-4-15(5-3-14)21-13-6-16(20)18-9-7-17(8-10-18)11-12-19/h2-5,19H,6-13H2,1H3. The molecular formula is C16H24N2O2S. The zero-order chi connectivity index (χ0) is 15.1. The van der Waals surface area contributed by atoms with Gasteiger partial charge in [0.1, 0.15) is 0 Å². The molecule has 1 fully saturated rings. The molecule has 1 aromatic carbocycles. The topological polar surface area (TPSA) is 43.8 Å². The number of carbonyl (C=O) groups is 1. The van der Waals surface area contributed by atoms with Crippen LogP contribution in [0.25, 0.3) is 0 Å². The van der Waals surface area contributed by atoms with E-state index in [1.807, 2.05) is 4.90 Å². The molecule has 0 radical (unpaired) electrons. The predicted molar refractivity (Wildman–Crippen MR) is 86.6 cm³/mol. The van der Waals surface area contributed by atoms with Crippen molar-refractivity contribution in [1.29, 1.82) is 0 Å². The first-order valence-electron chi connectivity index (χ1n) is 7.49. The molecule has 1 amide bonds. The second kappa shape index (κ2) is 8.41. The number of thioether (sulfide) groups is 1. The van der Waals surface area contributed by atoms with Crippen LogP contribution < -0.4 is 0 Å². The number of aryl methyl sites for hydroxylation is 1. The van der Waals surface area contributed by atoms with E-state index in [4.69, 9.17) is 5.11 Å². The van der Waals surface area contributed by atoms with Crippen molar-refractivity contribution in [3.05, 3.63) is 29.8 Å². The Kier molecular flexibility index (Phi) is 6.54. The Labute approximate surface area is 131 Å². The third-order valence-corrected chi connectivity index (χ3v) is 4.76. The molecule has 21 heavy (non-hydrogen) atoms. The molecular weight excluding hydrogens is 284 g/mol. The van der Waals surface area contributed by atoms with Crippen LogP contribution in [0.4, 0.5) is 0 Å². The monoisotopic (exact) mass is 308 g/mol. The van der Waals surface area contributed by atoms with Gasteiger partial charge in [-0.05, 0) is 19.1 Å². The minimum Gasteiger partial charge on any atom is -0.395 e. The molecule has 0 aliphatic carbocycles. The molecule has 1 N–H and O–H groups in total. The summed E-state index contributed by atoms with van der Waals surface area (Å²) in [5.74, 6) is 1.08. The molecule has 1 saturated heterocycles. The van der Waals surface area contributed by atoms with Gasteiger partial charge in [-0.25, -0.2) is 0 Å². The van der Waals surface area contributed by atoms with E-state index in [9.17, 15) is 4.79 Å². The van der Waals surface area contributed by atoms with E-state index in [2.05, 4.69) is 36.1 Å². The lowest BCUT2D eigenvalue weighted by Gasteiger charge is -2.34. The third-order valence-electron chi connectivity index (χ3n) is 3.75. The summed E-state index contributed by atoms with van der Waals surface area (Å²) in [5, 5.41) is 8.91. The van der Waals surface area contributed by atoms with Gasteiger partial charge < -0.3 is 10.0 Å². The summed E-state index contributed by atoms with van der Waals surface area (Å²) in [6.45, 7) is 6.30. The number of β-amino-alcohol motifs (C(OH)–C–C–N with tert-alkyl or cyclic N) is 1. The van der Waals surface area contributed by atoms with E-state index in [1.165, 1.54) is 10.5 Å². The minimum absolute atomic E-state index is 0.196. The highest BCUT2D eigenvalue weighted by Crippen LogP contribution is 2.19. The second-order valence-electron chi connectivity index (χ2n) is 5.36. The van der Waals surface area contributed by atoms with Crippen LogP contribution >= 0.6 is 11.8 Å². The number of hydrogen-bond acceptors (Lipinski definition) is 4. The van der Waals surface area contributed by atoms with E-state index in [1.54, 1.807) is 11.8 Å². The summed E-state index contributed by atoms with van der Waals surface area (Å²) in [6.07, 6.45) is 0.596. The first-order valence-corrected chi connectivity index (χ1v) is 8.48. The van der Waals surface area contributed by atoms with Crippen molar-refractivity contribution >= 4 is 17.7 Å². The summed E-state index contributed by atoms with van der Waals surface area (Å²) in [7, 11) is 0. The van der Waals surface area contributed by atoms with Gasteiger partial charge in [-0.3, -0.25) is 9.69 Å². The van der Waals surface area contributed by atoms with Crippen LogP contribution in [0, 0.1) is 6.92 Å². The lowest BCUT2D eigenvalue weighted by molar-refractivity contribution is -0.132. The molecule has 0 unspecified atom stereocenters. The van der Waals surface area contributed by atoms with Gasteiger partial charge in [0, 0.05) is 49.8 Å². The summed E-state index contributed by atoms with van der Waals surface area (Å²) < 4.78 is 0. The smallest absolute Gasteiger partial charge is 0.223 e. The van der Waals surface area contributed by atoms with Crippen molar-refractivity contribution in [2.24, 2.45) is 0 Å². The minimum atomic E-state index is 0.196. The zero-order valence-corrected chi connectivity index (χ0v) is 13.4. The number of aliphatic hydroxyl groups excluding tert-OH is 1. The average Bonchev–Trinajstić information content (AvgIpc) is 2.50. The van der Waals surface area contributed by atoms with Crippen molar-refractivity contribution in [2.45, 2.75) is 18.2 Å². The van der Waals surface area contributed by atoms with Crippen LogP contribution in [0.1, 0.15) is 12.0 Å². The Balaban J connectivity index is 1.67.